The van der Waals surface area contributed by atoms with E-state index in [1.807, 2.05) is 30.3 Å². The molecule has 0 aliphatic carbocycles. The summed E-state index contributed by atoms with van der Waals surface area (Å²) in [6.07, 6.45) is 5.01. The van der Waals surface area contributed by atoms with Gasteiger partial charge in [0.25, 0.3) is 0 Å². The van der Waals surface area contributed by atoms with E-state index in [4.69, 9.17) is 4.74 Å². The van der Waals surface area contributed by atoms with Gasteiger partial charge in [-0.2, -0.15) is 0 Å². The Morgan fingerprint density at radius 2 is 1.72 bits per heavy atom. The quantitative estimate of drug-likeness (QED) is 0.726. The first kappa shape index (κ1) is 11.1. The highest BCUT2D eigenvalue weighted by molar-refractivity contribution is 9.10. The third kappa shape index (κ3) is 2.17. The highest BCUT2D eigenvalue weighted by Crippen LogP contribution is 2.26. The van der Waals surface area contributed by atoms with Crippen molar-refractivity contribution in [3.63, 3.8) is 0 Å². The molecule has 4 nitrogen and oxygen atoms in total. The second kappa shape index (κ2) is 4.70. The summed E-state index contributed by atoms with van der Waals surface area (Å²) < 4.78 is 6.45. The van der Waals surface area contributed by atoms with Gasteiger partial charge in [-0.05, 0) is 28.1 Å². The van der Waals surface area contributed by atoms with Crippen LogP contribution >= 0.6 is 15.9 Å². The van der Waals surface area contributed by atoms with Crippen LogP contribution in [0.25, 0.3) is 10.9 Å². The fourth-order valence-electron chi connectivity index (χ4n) is 1.61. The Balaban J connectivity index is 2.02. The van der Waals surface area contributed by atoms with Crippen LogP contribution in [0, 0.1) is 0 Å². The predicted molar refractivity (Wildman–Crippen MR) is 71.5 cm³/mol. The van der Waals surface area contributed by atoms with Crippen LogP contribution in [0.5, 0.6) is 11.8 Å². The molecule has 2 aromatic heterocycles. The third-order valence-corrected chi connectivity index (χ3v) is 2.80. The molecule has 0 fully saturated rings. The van der Waals surface area contributed by atoms with Crippen molar-refractivity contribution >= 4 is 26.8 Å². The monoisotopic (exact) mass is 301 g/mol. The lowest BCUT2D eigenvalue weighted by atomic mass is 10.2. The Labute approximate surface area is 112 Å². The molecule has 18 heavy (non-hydrogen) atoms. The average Bonchev–Trinajstić information content (AvgIpc) is 2.42. The van der Waals surface area contributed by atoms with Crippen molar-refractivity contribution in [2.24, 2.45) is 0 Å². The second-order valence-electron chi connectivity index (χ2n) is 3.62. The van der Waals surface area contributed by atoms with E-state index in [1.54, 1.807) is 18.6 Å². The largest absolute Gasteiger partial charge is 0.422 e. The Morgan fingerprint density at radius 1 is 0.944 bits per heavy atom. The van der Waals surface area contributed by atoms with E-state index in [2.05, 4.69) is 30.9 Å². The zero-order valence-electron chi connectivity index (χ0n) is 9.25. The number of aromatic nitrogens is 3. The van der Waals surface area contributed by atoms with Crippen LogP contribution in [0.3, 0.4) is 0 Å². The Morgan fingerprint density at radius 3 is 2.56 bits per heavy atom. The fraction of sp³-hybridized carbons (Fsp3) is 0. The van der Waals surface area contributed by atoms with Crippen LogP contribution < -0.4 is 4.74 Å². The number of rotatable bonds is 2. The van der Waals surface area contributed by atoms with Crippen molar-refractivity contribution in [3.05, 3.63) is 53.4 Å². The molecule has 0 radical (unpaired) electrons. The standard InChI is InChI=1S/C13H8BrN3O/c14-10-7-16-13(17-8-10)18-11-5-1-3-9-4-2-6-15-12(9)11/h1-8H. The highest BCUT2D eigenvalue weighted by Gasteiger charge is 2.05. The molecule has 0 saturated carbocycles. The van der Waals surface area contributed by atoms with E-state index in [0.717, 1.165) is 15.4 Å². The number of halogens is 1. The zero-order chi connectivity index (χ0) is 12.4. The molecule has 1 aromatic carbocycles. The van der Waals surface area contributed by atoms with Crippen molar-refractivity contribution in [1.29, 1.82) is 0 Å². The normalized spacial score (nSPS) is 10.5. The molecule has 88 valence electrons. The summed E-state index contributed by atoms with van der Waals surface area (Å²) in [5, 5.41) is 1.02. The number of ether oxygens (including phenoxy) is 1. The summed E-state index contributed by atoms with van der Waals surface area (Å²) in [4.78, 5) is 12.4. The van der Waals surface area contributed by atoms with Crippen LogP contribution in [-0.2, 0) is 0 Å². The molecule has 0 amide bonds. The van der Waals surface area contributed by atoms with Gasteiger partial charge in [0.2, 0.25) is 0 Å². The molecule has 0 bridgehead atoms. The van der Waals surface area contributed by atoms with E-state index in [1.165, 1.54) is 0 Å². The van der Waals surface area contributed by atoms with E-state index in [0.29, 0.717) is 11.8 Å². The van der Waals surface area contributed by atoms with Crippen LogP contribution in [-0.4, -0.2) is 15.0 Å². The molecule has 0 atom stereocenters. The summed E-state index contributed by atoms with van der Waals surface area (Å²) in [5.74, 6) is 0.649. The molecule has 2 heterocycles. The van der Waals surface area contributed by atoms with Gasteiger partial charge in [-0.3, -0.25) is 4.98 Å². The van der Waals surface area contributed by atoms with Gasteiger partial charge in [0.15, 0.2) is 5.75 Å². The molecule has 3 aromatic rings. The van der Waals surface area contributed by atoms with Crippen molar-refractivity contribution in [3.8, 4) is 11.8 Å². The molecule has 0 unspecified atom stereocenters. The zero-order valence-corrected chi connectivity index (χ0v) is 10.8. The summed E-state index contributed by atoms with van der Waals surface area (Å²) in [6, 6.07) is 9.92. The Hall–Kier alpha value is -2.01. The number of pyridine rings is 1. The Bertz CT molecular complexity index is 680. The summed E-state index contributed by atoms with van der Waals surface area (Å²) in [6.45, 7) is 0. The van der Waals surface area contributed by atoms with Gasteiger partial charge in [-0.15, -0.1) is 0 Å². The summed E-state index contributed by atoms with van der Waals surface area (Å²) in [7, 11) is 0. The molecule has 0 N–H and O–H groups in total. The van der Waals surface area contributed by atoms with E-state index in [-0.39, 0.29) is 0 Å². The number of nitrogens with zero attached hydrogens (tertiary/aromatic N) is 3. The predicted octanol–water partition coefficient (Wildman–Crippen LogP) is 3.58. The number of fused-ring (bicyclic) bond motifs is 1. The number of hydrogen-bond donors (Lipinski definition) is 0. The first-order valence-corrected chi connectivity index (χ1v) is 6.11. The van der Waals surface area contributed by atoms with Crippen LogP contribution in [0.15, 0.2) is 53.4 Å². The molecular weight excluding hydrogens is 294 g/mol. The minimum atomic E-state index is 0.302. The molecule has 5 heteroatoms. The van der Waals surface area contributed by atoms with Crippen LogP contribution in [0.2, 0.25) is 0 Å². The van der Waals surface area contributed by atoms with Crippen LogP contribution in [0.4, 0.5) is 0 Å². The third-order valence-electron chi connectivity index (χ3n) is 2.39. The van der Waals surface area contributed by atoms with E-state index < -0.39 is 0 Å². The van der Waals surface area contributed by atoms with Crippen LogP contribution in [0.1, 0.15) is 0 Å². The van der Waals surface area contributed by atoms with Gasteiger partial charge in [-0.1, -0.05) is 18.2 Å². The molecular formula is C13H8BrN3O. The van der Waals surface area contributed by atoms with Crippen molar-refractivity contribution < 1.29 is 4.74 Å². The minimum absolute atomic E-state index is 0.302. The van der Waals surface area contributed by atoms with E-state index >= 15 is 0 Å². The average molecular weight is 302 g/mol. The lowest BCUT2D eigenvalue weighted by Crippen LogP contribution is -1.92. The van der Waals surface area contributed by atoms with Gasteiger partial charge in [-0.25, -0.2) is 9.97 Å². The maximum atomic E-state index is 5.64. The lowest BCUT2D eigenvalue weighted by Gasteiger charge is -2.05. The Kier molecular flexibility index (Phi) is 2.90. The van der Waals surface area contributed by atoms with Gasteiger partial charge in [0.05, 0.1) is 4.47 Å². The minimum Gasteiger partial charge on any atom is -0.422 e. The van der Waals surface area contributed by atoms with Crippen molar-refractivity contribution in [1.82, 2.24) is 15.0 Å². The topological polar surface area (TPSA) is 47.9 Å². The van der Waals surface area contributed by atoms with Gasteiger partial charge >= 0.3 is 6.01 Å². The number of benzene rings is 1. The van der Waals surface area contributed by atoms with Gasteiger partial charge < -0.3 is 4.74 Å². The maximum Gasteiger partial charge on any atom is 0.322 e. The highest BCUT2D eigenvalue weighted by atomic mass is 79.9. The summed E-state index contributed by atoms with van der Waals surface area (Å²) >= 11 is 3.28. The van der Waals surface area contributed by atoms with Gasteiger partial charge in [0.1, 0.15) is 5.52 Å². The SMILES string of the molecule is Brc1cnc(Oc2cccc3cccnc23)nc1. The lowest BCUT2D eigenvalue weighted by molar-refractivity contribution is 0.445. The first-order chi connectivity index (χ1) is 8.83. The molecule has 0 spiro atoms. The van der Waals surface area contributed by atoms with Crippen molar-refractivity contribution in [2.45, 2.75) is 0 Å². The summed E-state index contributed by atoms with van der Waals surface area (Å²) in [5.41, 5.74) is 0.798. The first-order valence-electron chi connectivity index (χ1n) is 5.32. The molecule has 0 aliphatic heterocycles. The molecule has 0 saturated heterocycles. The smallest absolute Gasteiger partial charge is 0.322 e. The second-order valence-corrected chi connectivity index (χ2v) is 4.53. The van der Waals surface area contributed by atoms with Crippen molar-refractivity contribution in [2.75, 3.05) is 0 Å². The maximum absolute atomic E-state index is 5.64. The number of para-hydroxylation sites is 1. The number of hydrogen-bond acceptors (Lipinski definition) is 4. The van der Waals surface area contributed by atoms with E-state index in [9.17, 15) is 0 Å². The fourth-order valence-corrected chi connectivity index (χ4v) is 1.81. The molecule has 3 rings (SSSR count). The van der Waals surface area contributed by atoms with Gasteiger partial charge in [0, 0.05) is 24.0 Å². The molecule has 0 aliphatic rings.